The Balaban J connectivity index is 2.13. The van der Waals surface area contributed by atoms with Crippen LogP contribution in [0.5, 0.6) is 0 Å². The lowest BCUT2D eigenvalue weighted by molar-refractivity contribution is -0.932. The van der Waals surface area contributed by atoms with Crippen LogP contribution in [0.1, 0.15) is 53.4 Å². The van der Waals surface area contributed by atoms with Crippen molar-refractivity contribution in [1.82, 2.24) is 4.90 Å². The average molecular weight is 225 g/mol. The van der Waals surface area contributed by atoms with Gasteiger partial charge in [0, 0.05) is 18.4 Å². The summed E-state index contributed by atoms with van der Waals surface area (Å²) in [5.74, 6) is 0. The lowest BCUT2D eigenvalue weighted by Gasteiger charge is -2.37. The highest BCUT2D eigenvalue weighted by atomic mass is 15.5. The van der Waals surface area contributed by atoms with E-state index in [0.717, 1.165) is 6.04 Å². The molecule has 2 heteroatoms. The van der Waals surface area contributed by atoms with Gasteiger partial charge in [-0.15, -0.1) is 0 Å². The maximum absolute atomic E-state index is 2.76. The third kappa shape index (κ3) is 1.91. The first-order chi connectivity index (χ1) is 7.54. The van der Waals surface area contributed by atoms with Gasteiger partial charge in [0.2, 0.25) is 0 Å². The molecule has 2 nitrogen and oxygen atoms in total. The van der Waals surface area contributed by atoms with Crippen molar-refractivity contribution >= 4 is 0 Å². The maximum Gasteiger partial charge on any atom is 0.135 e. The third-order valence-corrected chi connectivity index (χ3v) is 5.31. The van der Waals surface area contributed by atoms with Crippen LogP contribution in [0.25, 0.3) is 0 Å². The molecule has 0 aromatic rings. The number of nitrogens with zero attached hydrogens (tertiary/aromatic N) is 2. The van der Waals surface area contributed by atoms with Crippen molar-refractivity contribution in [1.29, 1.82) is 0 Å². The van der Waals surface area contributed by atoms with Gasteiger partial charge < -0.3 is 4.48 Å². The zero-order chi connectivity index (χ0) is 11.8. The summed E-state index contributed by atoms with van der Waals surface area (Å²) in [5, 5.41) is 0. The van der Waals surface area contributed by atoms with E-state index >= 15 is 0 Å². The fraction of sp³-hybridized carbons (Fsp3) is 1.00. The highest BCUT2D eigenvalue weighted by Crippen LogP contribution is 2.35. The largest absolute Gasteiger partial charge is 0.308 e. The van der Waals surface area contributed by atoms with E-state index in [1.807, 2.05) is 0 Å². The summed E-state index contributed by atoms with van der Waals surface area (Å²) in [7, 11) is 0. The summed E-state index contributed by atoms with van der Waals surface area (Å²) in [6, 6.07) is 0.910. The molecule has 0 bridgehead atoms. The Morgan fingerprint density at radius 3 is 2.31 bits per heavy atom. The summed E-state index contributed by atoms with van der Waals surface area (Å²) < 4.78 is 1.42. The van der Waals surface area contributed by atoms with Gasteiger partial charge in [0.15, 0.2) is 0 Å². The van der Waals surface area contributed by atoms with Crippen molar-refractivity contribution in [2.45, 2.75) is 65.0 Å². The van der Waals surface area contributed by atoms with Crippen molar-refractivity contribution in [3.05, 3.63) is 0 Å². The normalized spacial score (nSPS) is 30.4. The van der Waals surface area contributed by atoms with Crippen LogP contribution in [0.3, 0.4) is 0 Å². The molecule has 0 radical (unpaired) electrons. The van der Waals surface area contributed by atoms with Gasteiger partial charge in [-0.25, -0.2) is 4.90 Å². The molecule has 1 spiro atoms. The molecule has 2 aliphatic rings. The molecule has 2 rings (SSSR count). The minimum absolute atomic E-state index is 0.401. The van der Waals surface area contributed by atoms with Crippen LogP contribution in [-0.4, -0.2) is 47.3 Å². The number of rotatable bonds is 3. The molecular formula is C14H29N2+. The molecule has 0 aromatic heterocycles. The number of hydrogen-bond acceptors (Lipinski definition) is 1. The van der Waals surface area contributed by atoms with E-state index in [0.29, 0.717) is 5.54 Å². The number of hydrogen-bond donors (Lipinski definition) is 0. The number of quaternary nitrogens is 1. The summed E-state index contributed by atoms with van der Waals surface area (Å²) >= 11 is 0. The van der Waals surface area contributed by atoms with Crippen molar-refractivity contribution in [2.24, 2.45) is 0 Å². The molecule has 2 heterocycles. The first kappa shape index (κ1) is 12.4. The molecule has 1 atom stereocenters. The smallest absolute Gasteiger partial charge is 0.135 e. The van der Waals surface area contributed by atoms with Gasteiger partial charge in [-0.1, -0.05) is 13.8 Å². The molecule has 2 fully saturated rings. The van der Waals surface area contributed by atoms with Gasteiger partial charge in [-0.2, -0.15) is 0 Å². The van der Waals surface area contributed by atoms with Crippen LogP contribution in [0, 0.1) is 0 Å². The van der Waals surface area contributed by atoms with Gasteiger partial charge in [-0.3, -0.25) is 0 Å². The highest BCUT2D eigenvalue weighted by molar-refractivity contribution is 4.85. The molecule has 0 N–H and O–H groups in total. The van der Waals surface area contributed by atoms with Crippen molar-refractivity contribution in [3.63, 3.8) is 0 Å². The predicted molar refractivity (Wildman–Crippen MR) is 69.3 cm³/mol. The molecule has 94 valence electrons. The molecule has 2 saturated heterocycles. The molecular weight excluding hydrogens is 196 g/mol. The Kier molecular flexibility index (Phi) is 3.33. The second kappa shape index (κ2) is 4.30. The summed E-state index contributed by atoms with van der Waals surface area (Å²) in [5.41, 5.74) is 0.401. The summed E-state index contributed by atoms with van der Waals surface area (Å²) in [6.07, 6.45) is 5.54. The second-order valence-electron chi connectivity index (χ2n) is 6.46. The molecule has 0 aliphatic carbocycles. The van der Waals surface area contributed by atoms with Crippen LogP contribution < -0.4 is 0 Å². The predicted octanol–water partition coefficient (Wildman–Crippen LogP) is 2.84. The first-order valence-corrected chi connectivity index (χ1v) is 7.15. The van der Waals surface area contributed by atoms with Crippen molar-refractivity contribution in [3.8, 4) is 0 Å². The second-order valence-corrected chi connectivity index (χ2v) is 6.46. The average Bonchev–Trinajstić information content (AvgIpc) is 2.87. The van der Waals surface area contributed by atoms with E-state index < -0.39 is 0 Å². The van der Waals surface area contributed by atoms with Crippen molar-refractivity contribution in [2.75, 3.05) is 26.3 Å². The maximum atomic E-state index is 2.76. The lowest BCUT2D eigenvalue weighted by Crippen LogP contribution is -2.51. The van der Waals surface area contributed by atoms with Gasteiger partial charge in [0.05, 0.1) is 19.6 Å². The van der Waals surface area contributed by atoms with Crippen LogP contribution in [0.2, 0.25) is 0 Å². The van der Waals surface area contributed by atoms with E-state index in [4.69, 9.17) is 0 Å². The van der Waals surface area contributed by atoms with Crippen LogP contribution in [0.15, 0.2) is 0 Å². The molecule has 0 amide bonds. The summed E-state index contributed by atoms with van der Waals surface area (Å²) in [4.78, 5) is 2.76. The zero-order valence-corrected chi connectivity index (χ0v) is 11.6. The minimum Gasteiger partial charge on any atom is -0.308 e. The monoisotopic (exact) mass is 225 g/mol. The van der Waals surface area contributed by atoms with E-state index in [9.17, 15) is 0 Å². The summed E-state index contributed by atoms with van der Waals surface area (Å²) in [6.45, 7) is 15.1. The quantitative estimate of drug-likeness (QED) is 0.668. The third-order valence-electron chi connectivity index (χ3n) is 5.31. The minimum atomic E-state index is 0.401. The van der Waals surface area contributed by atoms with E-state index in [1.165, 1.54) is 56.5 Å². The fourth-order valence-corrected chi connectivity index (χ4v) is 3.59. The van der Waals surface area contributed by atoms with E-state index in [2.05, 4.69) is 32.6 Å². The van der Waals surface area contributed by atoms with Crippen LogP contribution in [-0.2, 0) is 0 Å². The lowest BCUT2D eigenvalue weighted by atomic mass is 10.00. The Labute approximate surface area is 101 Å². The standard InChI is InChI=1S/C14H29N2/c1-5-13-11-15(14(3,4)6-2)12-16(13)9-7-8-10-16/h13H,5-12H2,1-4H3/q+1. The highest BCUT2D eigenvalue weighted by Gasteiger charge is 2.49. The van der Waals surface area contributed by atoms with E-state index in [1.54, 1.807) is 0 Å². The molecule has 1 unspecified atom stereocenters. The van der Waals surface area contributed by atoms with E-state index in [-0.39, 0.29) is 0 Å². The van der Waals surface area contributed by atoms with Gasteiger partial charge >= 0.3 is 0 Å². The SMILES string of the molecule is CCC1CN(C(C)(C)CC)C[N+]12CCCC2. The molecule has 2 aliphatic heterocycles. The first-order valence-electron chi connectivity index (χ1n) is 7.15. The van der Waals surface area contributed by atoms with Gasteiger partial charge in [-0.05, 0) is 26.7 Å². The van der Waals surface area contributed by atoms with Gasteiger partial charge in [0.25, 0.3) is 0 Å². The van der Waals surface area contributed by atoms with Crippen molar-refractivity contribution < 1.29 is 4.48 Å². The Morgan fingerprint density at radius 1 is 1.19 bits per heavy atom. The zero-order valence-electron chi connectivity index (χ0n) is 11.6. The Hall–Kier alpha value is -0.0800. The van der Waals surface area contributed by atoms with Crippen LogP contribution in [0.4, 0.5) is 0 Å². The molecule has 0 saturated carbocycles. The van der Waals surface area contributed by atoms with Crippen LogP contribution >= 0.6 is 0 Å². The van der Waals surface area contributed by atoms with Gasteiger partial charge in [0.1, 0.15) is 12.7 Å². The topological polar surface area (TPSA) is 3.24 Å². The fourth-order valence-electron chi connectivity index (χ4n) is 3.59. The molecule has 16 heavy (non-hydrogen) atoms. The molecule has 0 aromatic carbocycles. The Bertz CT molecular complexity index is 241. The Morgan fingerprint density at radius 2 is 1.81 bits per heavy atom.